The molecule has 0 radical (unpaired) electrons. The molecule has 0 aromatic carbocycles. The Hall–Kier alpha value is -0.230. The van der Waals surface area contributed by atoms with Crippen LogP contribution in [0, 0.1) is 13.8 Å². The number of thiophene rings is 1. The molecule has 0 spiro atoms. The number of aryl methyl sites for hydroxylation is 2. The first kappa shape index (κ1) is 14.2. The van der Waals surface area contributed by atoms with Gasteiger partial charge in [0.1, 0.15) is 0 Å². The number of thiazole rings is 1. The monoisotopic (exact) mass is 344 g/mol. The lowest BCUT2D eigenvalue weighted by Gasteiger charge is -2.12. The minimum Gasteiger partial charge on any atom is -0.308 e. The van der Waals surface area contributed by atoms with E-state index in [1.54, 1.807) is 22.7 Å². The lowest BCUT2D eigenvalue weighted by atomic mass is 10.2. The molecule has 0 aliphatic heterocycles. The van der Waals surface area contributed by atoms with E-state index in [1.165, 1.54) is 19.2 Å². The van der Waals surface area contributed by atoms with Crippen LogP contribution in [0.4, 0.5) is 0 Å². The molecule has 2 rings (SSSR count). The number of rotatable bonds is 5. The van der Waals surface area contributed by atoms with Crippen molar-refractivity contribution in [2.24, 2.45) is 0 Å². The van der Waals surface area contributed by atoms with Gasteiger partial charge in [0.25, 0.3) is 0 Å². The average molecular weight is 345 g/mol. The van der Waals surface area contributed by atoms with Crippen molar-refractivity contribution in [3.63, 3.8) is 0 Å². The molecule has 2 aromatic heterocycles. The lowest BCUT2D eigenvalue weighted by Crippen LogP contribution is -2.22. The maximum absolute atomic E-state index is 4.59. The van der Waals surface area contributed by atoms with Crippen LogP contribution in [0.3, 0.4) is 0 Å². The van der Waals surface area contributed by atoms with Crippen LogP contribution in [0.15, 0.2) is 15.9 Å². The molecule has 1 unspecified atom stereocenters. The second-order valence-corrected chi connectivity index (χ2v) is 8.26. The van der Waals surface area contributed by atoms with Crippen molar-refractivity contribution < 1.29 is 0 Å². The number of hydrogen-bond acceptors (Lipinski definition) is 4. The summed E-state index contributed by atoms with van der Waals surface area (Å²) in [5.74, 6) is 0. The molecule has 1 N–H and O–H groups in total. The highest BCUT2D eigenvalue weighted by molar-refractivity contribution is 9.11. The van der Waals surface area contributed by atoms with Crippen LogP contribution in [0.5, 0.6) is 0 Å². The van der Waals surface area contributed by atoms with Crippen LogP contribution in [0.2, 0.25) is 0 Å². The first-order valence-electron chi connectivity index (χ1n) is 5.98. The topological polar surface area (TPSA) is 24.9 Å². The third-order valence-electron chi connectivity index (χ3n) is 2.80. The maximum atomic E-state index is 4.59. The summed E-state index contributed by atoms with van der Waals surface area (Å²) in [6.07, 6.45) is 1.07. The number of nitrogens with one attached hydrogen (secondary N) is 1. The van der Waals surface area contributed by atoms with Gasteiger partial charge in [0, 0.05) is 22.3 Å². The predicted molar refractivity (Wildman–Crippen MR) is 83.7 cm³/mol. The van der Waals surface area contributed by atoms with Crippen LogP contribution in [-0.4, -0.2) is 11.5 Å². The summed E-state index contributed by atoms with van der Waals surface area (Å²) >= 11 is 7.07. The van der Waals surface area contributed by atoms with Gasteiger partial charge < -0.3 is 5.32 Å². The first-order chi connectivity index (χ1) is 8.56. The standard InChI is InChI=1S/C13H17BrN2S2/c1-8(13-9(2)17-10(3)16-13)15-7-6-11-4-5-12(14)18-11/h4-5,8,15H,6-7H2,1-3H3. The molecule has 2 heterocycles. The van der Waals surface area contributed by atoms with E-state index in [0.717, 1.165) is 18.0 Å². The molecular weight excluding hydrogens is 328 g/mol. The Kier molecular flexibility index (Phi) is 4.95. The van der Waals surface area contributed by atoms with E-state index in [1.807, 2.05) is 0 Å². The normalized spacial score (nSPS) is 12.9. The highest BCUT2D eigenvalue weighted by atomic mass is 79.9. The molecule has 0 amide bonds. The molecule has 18 heavy (non-hydrogen) atoms. The molecule has 0 fully saturated rings. The summed E-state index contributed by atoms with van der Waals surface area (Å²) in [5.41, 5.74) is 1.20. The lowest BCUT2D eigenvalue weighted by molar-refractivity contribution is 0.565. The van der Waals surface area contributed by atoms with E-state index in [2.05, 4.69) is 59.1 Å². The summed E-state index contributed by atoms with van der Waals surface area (Å²) in [5, 5.41) is 4.70. The predicted octanol–water partition coefficient (Wildman–Crippen LogP) is 4.48. The Morgan fingerprint density at radius 1 is 1.33 bits per heavy atom. The Labute approximate surface area is 125 Å². The summed E-state index contributed by atoms with van der Waals surface area (Å²) < 4.78 is 1.21. The van der Waals surface area contributed by atoms with Gasteiger partial charge in [-0.2, -0.15) is 0 Å². The Morgan fingerprint density at radius 2 is 2.11 bits per heavy atom. The molecule has 1 atom stereocenters. The van der Waals surface area contributed by atoms with E-state index in [9.17, 15) is 0 Å². The number of nitrogens with zero attached hydrogens (tertiary/aromatic N) is 1. The fourth-order valence-corrected chi connectivity index (χ4v) is 4.34. The SMILES string of the molecule is Cc1nc(C(C)NCCc2ccc(Br)s2)c(C)s1. The highest BCUT2D eigenvalue weighted by Gasteiger charge is 2.12. The Bertz CT molecular complexity index is 519. The molecule has 5 heteroatoms. The Balaban J connectivity index is 1.85. The van der Waals surface area contributed by atoms with Crippen molar-refractivity contribution in [2.75, 3.05) is 6.54 Å². The van der Waals surface area contributed by atoms with Gasteiger partial charge >= 0.3 is 0 Å². The number of aromatic nitrogens is 1. The van der Waals surface area contributed by atoms with Crippen molar-refractivity contribution in [1.82, 2.24) is 10.3 Å². The molecule has 2 nitrogen and oxygen atoms in total. The van der Waals surface area contributed by atoms with Gasteiger partial charge in [0.2, 0.25) is 0 Å². The van der Waals surface area contributed by atoms with E-state index in [0.29, 0.717) is 6.04 Å². The Morgan fingerprint density at radius 3 is 2.67 bits per heavy atom. The zero-order valence-corrected chi connectivity index (χ0v) is 14.0. The van der Waals surface area contributed by atoms with Gasteiger partial charge in [-0.15, -0.1) is 22.7 Å². The van der Waals surface area contributed by atoms with Gasteiger partial charge in [-0.1, -0.05) is 0 Å². The van der Waals surface area contributed by atoms with E-state index in [4.69, 9.17) is 0 Å². The van der Waals surface area contributed by atoms with Crippen molar-refractivity contribution in [1.29, 1.82) is 0 Å². The van der Waals surface area contributed by atoms with Gasteiger partial charge in [-0.25, -0.2) is 4.98 Å². The molecular formula is C13H17BrN2S2. The van der Waals surface area contributed by atoms with Crippen molar-refractivity contribution in [3.8, 4) is 0 Å². The van der Waals surface area contributed by atoms with Crippen molar-refractivity contribution >= 4 is 38.6 Å². The van der Waals surface area contributed by atoms with E-state index < -0.39 is 0 Å². The van der Waals surface area contributed by atoms with Gasteiger partial charge in [0.05, 0.1) is 14.5 Å². The maximum Gasteiger partial charge on any atom is 0.0900 e. The molecule has 0 aliphatic rings. The zero-order valence-electron chi connectivity index (χ0n) is 10.8. The van der Waals surface area contributed by atoms with Crippen LogP contribution < -0.4 is 5.32 Å². The second kappa shape index (κ2) is 6.28. The zero-order chi connectivity index (χ0) is 13.1. The van der Waals surface area contributed by atoms with Crippen LogP contribution in [0.1, 0.15) is 33.4 Å². The third kappa shape index (κ3) is 3.63. The largest absolute Gasteiger partial charge is 0.308 e. The fraction of sp³-hybridized carbons (Fsp3) is 0.462. The molecule has 0 saturated carbocycles. The highest BCUT2D eigenvalue weighted by Crippen LogP contribution is 2.24. The van der Waals surface area contributed by atoms with E-state index >= 15 is 0 Å². The number of halogens is 1. The average Bonchev–Trinajstić information content (AvgIpc) is 2.85. The summed E-state index contributed by atoms with van der Waals surface area (Å²) in [6.45, 7) is 7.39. The first-order valence-corrected chi connectivity index (χ1v) is 8.40. The van der Waals surface area contributed by atoms with Gasteiger partial charge in [0.15, 0.2) is 0 Å². The molecule has 0 aliphatic carbocycles. The molecule has 98 valence electrons. The minimum atomic E-state index is 0.332. The van der Waals surface area contributed by atoms with Gasteiger partial charge in [-0.05, 0) is 55.3 Å². The molecule has 0 bridgehead atoms. The third-order valence-corrected chi connectivity index (χ3v) is 5.39. The van der Waals surface area contributed by atoms with Crippen molar-refractivity contribution in [3.05, 3.63) is 36.4 Å². The minimum absolute atomic E-state index is 0.332. The van der Waals surface area contributed by atoms with Crippen LogP contribution >= 0.6 is 38.6 Å². The molecule has 2 aromatic rings. The second-order valence-electron chi connectivity index (χ2n) is 4.31. The van der Waals surface area contributed by atoms with E-state index in [-0.39, 0.29) is 0 Å². The van der Waals surface area contributed by atoms with Crippen molar-refractivity contribution in [2.45, 2.75) is 33.2 Å². The summed E-state index contributed by atoms with van der Waals surface area (Å²) in [7, 11) is 0. The smallest absolute Gasteiger partial charge is 0.0900 e. The van der Waals surface area contributed by atoms with Gasteiger partial charge in [-0.3, -0.25) is 0 Å². The summed E-state index contributed by atoms with van der Waals surface area (Å²) in [4.78, 5) is 7.33. The fourth-order valence-electron chi connectivity index (χ4n) is 1.94. The quantitative estimate of drug-likeness (QED) is 0.864. The number of hydrogen-bond donors (Lipinski definition) is 1. The van der Waals surface area contributed by atoms with Crippen LogP contribution in [-0.2, 0) is 6.42 Å². The summed E-state index contributed by atoms with van der Waals surface area (Å²) in [6, 6.07) is 4.62. The molecule has 0 saturated heterocycles. The van der Waals surface area contributed by atoms with Crippen LogP contribution in [0.25, 0.3) is 0 Å².